The molecule has 2 rings (SSSR count). The molecule has 0 radical (unpaired) electrons. The van der Waals surface area contributed by atoms with Gasteiger partial charge in [-0.3, -0.25) is 4.79 Å². The number of amides is 1. The van der Waals surface area contributed by atoms with Crippen molar-refractivity contribution in [1.82, 2.24) is 4.90 Å². The molecule has 2 nitrogen and oxygen atoms in total. The largest absolute Gasteiger partial charge is 0.337 e. The molecule has 0 aromatic rings. The fourth-order valence-electron chi connectivity index (χ4n) is 2.52. The molecule has 6 heteroatoms. The fourth-order valence-corrected chi connectivity index (χ4v) is 2.52. The van der Waals surface area contributed by atoms with Gasteiger partial charge in [-0.15, -0.1) is 0 Å². The first kappa shape index (κ1) is 10.7. The van der Waals surface area contributed by atoms with Crippen LogP contribution < -0.4 is 0 Å². The molecule has 0 bridgehead atoms. The predicted octanol–water partition coefficient (Wildman–Crippen LogP) is 1.76. The van der Waals surface area contributed by atoms with Crippen molar-refractivity contribution in [1.29, 1.82) is 0 Å². The second kappa shape index (κ2) is 3.35. The molecule has 1 amide bonds. The highest BCUT2D eigenvalue weighted by molar-refractivity contribution is 5.79. The summed E-state index contributed by atoms with van der Waals surface area (Å²) in [6.07, 6.45) is -2.94. The summed E-state index contributed by atoms with van der Waals surface area (Å²) in [5.41, 5.74) is 0. The molecule has 1 heterocycles. The van der Waals surface area contributed by atoms with Crippen molar-refractivity contribution in [3.63, 3.8) is 0 Å². The Labute approximate surface area is 84.2 Å². The Morgan fingerprint density at radius 2 is 2.00 bits per heavy atom. The quantitative estimate of drug-likeness (QED) is 0.622. The molecule has 1 aliphatic heterocycles. The lowest BCUT2D eigenvalue weighted by Gasteiger charge is -2.19. The summed E-state index contributed by atoms with van der Waals surface area (Å²) < 4.78 is 50.6. The maximum Gasteiger partial charge on any atom is 0.315 e. The topological polar surface area (TPSA) is 20.3 Å². The molecule has 0 aromatic carbocycles. The van der Waals surface area contributed by atoms with Crippen LogP contribution in [0.5, 0.6) is 0 Å². The van der Waals surface area contributed by atoms with Crippen LogP contribution in [0, 0.1) is 11.8 Å². The highest BCUT2D eigenvalue weighted by atomic mass is 19.3. The van der Waals surface area contributed by atoms with E-state index in [0.29, 0.717) is 6.42 Å². The minimum Gasteiger partial charge on any atom is -0.337 e. The van der Waals surface area contributed by atoms with Crippen LogP contribution in [-0.4, -0.2) is 36.2 Å². The molecule has 86 valence electrons. The van der Waals surface area contributed by atoms with Crippen LogP contribution in [-0.2, 0) is 4.79 Å². The van der Waals surface area contributed by atoms with Crippen LogP contribution >= 0.6 is 0 Å². The number of carbonyl (C=O) groups is 1. The number of carbonyl (C=O) groups excluding carboxylic acids is 1. The maximum absolute atomic E-state index is 13.2. The minimum absolute atomic E-state index is 0.0590. The molecule has 0 unspecified atom stereocenters. The number of nitrogens with zero attached hydrogens (tertiary/aromatic N) is 1. The van der Waals surface area contributed by atoms with Gasteiger partial charge in [0.2, 0.25) is 0 Å². The summed E-state index contributed by atoms with van der Waals surface area (Å²) in [6, 6.07) is 0. The Morgan fingerprint density at radius 3 is 2.53 bits per heavy atom. The molecule has 0 aromatic heterocycles. The SMILES string of the molecule is O=C(C(F)F)N1C[C@@H]2CCC(F)(F)[C@@H]2C1. The Balaban J connectivity index is 2.05. The smallest absolute Gasteiger partial charge is 0.315 e. The van der Waals surface area contributed by atoms with Crippen LogP contribution in [0.25, 0.3) is 0 Å². The van der Waals surface area contributed by atoms with Crippen LogP contribution in [0.4, 0.5) is 17.6 Å². The summed E-state index contributed by atoms with van der Waals surface area (Å²) in [5.74, 6) is -5.33. The molecule has 2 aliphatic rings. The number of hydrogen-bond donors (Lipinski definition) is 0. The summed E-state index contributed by atoms with van der Waals surface area (Å²) >= 11 is 0. The maximum atomic E-state index is 13.2. The van der Waals surface area contributed by atoms with Gasteiger partial charge in [0.25, 0.3) is 11.8 Å². The van der Waals surface area contributed by atoms with Crippen LogP contribution in [0.3, 0.4) is 0 Å². The fraction of sp³-hybridized carbons (Fsp3) is 0.889. The van der Waals surface area contributed by atoms with Crippen molar-refractivity contribution >= 4 is 5.91 Å². The van der Waals surface area contributed by atoms with Crippen LogP contribution in [0.2, 0.25) is 0 Å². The summed E-state index contributed by atoms with van der Waals surface area (Å²) in [7, 11) is 0. The van der Waals surface area contributed by atoms with Crippen molar-refractivity contribution in [2.24, 2.45) is 11.8 Å². The molecule has 15 heavy (non-hydrogen) atoms. The van der Waals surface area contributed by atoms with E-state index in [1.165, 1.54) is 0 Å². The van der Waals surface area contributed by atoms with Crippen molar-refractivity contribution in [3.05, 3.63) is 0 Å². The summed E-state index contributed by atoms with van der Waals surface area (Å²) in [4.78, 5) is 11.8. The first-order valence-electron chi connectivity index (χ1n) is 4.86. The number of rotatable bonds is 1. The molecule has 2 fully saturated rings. The molecule has 1 saturated carbocycles. The zero-order valence-electron chi connectivity index (χ0n) is 7.93. The van der Waals surface area contributed by atoms with Gasteiger partial charge >= 0.3 is 6.43 Å². The zero-order valence-corrected chi connectivity index (χ0v) is 7.93. The summed E-state index contributed by atoms with van der Waals surface area (Å²) in [5, 5.41) is 0. The van der Waals surface area contributed by atoms with Gasteiger partial charge < -0.3 is 4.90 Å². The van der Waals surface area contributed by atoms with Gasteiger partial charge in [-0.05, 0) is 12.3 Å². The number of halogens is 4. The van der Waals surface area contributed by atoms with Gasteiger partial charge in [0.15, 0.2) is 0 Å². The third-order valence-corrected chi connectivity index (χ3v) is 3.33. The number of hydrogen-bond acceptors (Lipinski definition) is 1. The van der Waals surface area contributed by atoms with Crippen molar-refractivity contribution < 1.29 is 22.4 Å². The third kappa shape index (κ3) is 1.70. The second-order valence-electron chi connectivity index (χ2n) is 4.21. The van der Waals surface area contributed by atoms with Crippen molar-refractivity contribution in [2.45, 2.75) is 25.2 Å². The second-order valence-corrected chi connectivity index (χ2v) is 4.21. The Kier molecular flexibility index (Phi) is 2.39. The van der Waals surface area contributed by atoms with E-state index in [2.05, 4.69) is 0 Å². The molecular weight excluding hydrogens is 214 g/mol. The van der Waals surface area contributed by atoms with E-state index in [9.17, 15) is 22.4 Å². The van der Waals surface area contributed by atoms with Gasteiger partial charge in [-0.2, -0.15) is 8.78 Å². The van der Waals surface area contributed by atoms with E-state index in [1.54, 1.807) is 0 Å². The first-order valence-corrected chi connectivity index (χ1v) is 4.86. The lowest BCUT2D eigenvalue weighted by Crippen LogP contribution is -2.36. The molecular formula is C9H11F4NO. The predicted molar refractivity (Wildman–Crippen MR) is 43.7 cm³/mol. The first-order chi connectivity index (χ1) is 6.92. The summed E-state index contributed by atoms with van der Waals surface area (Å²) in [6.45, 7) is -0.162. The van der Waals surface area contributed by atoms with Gasteiger partial charge in [0.1, 0.15) is 0 Å². The van der Waals surface area contributed by atoms with E-state index < -0.39 is 24.2 Å². The minimum atomic E-state index is -3.09. The highest BCUT2D eigenvalue weighted by Gasteiger charge is 2.55. The zero-order chi connectivity index (χ0) is 11.2. The van der Waals surface area contributed by atoms with Gasteiger partial charge in [-0.1, -0.05) is 0 Å². The molecule has 1 aliphatic carbocycles. The lowest BCUT2D eigenvalue weighted by atomic mass is 9.99. The van der Waals surface area contributed by atoms with Gasteiger partial charge in [-0.25, -0.2) is 8.78 Å². The molecule has 1 saturated heterocycles. The monoisotopic (exact) mass is 225 g/mol. The number of likely N-dealkylation sites (tertiary alicyclic amines) is 1. The van der Waals surface area contributed by atoms with Gasteiger partial charge in [0.05, 0.1) is 0 Å². The van der Waals surface area contributed by atoms with E-state index in [0.717, 1.165) is 4.90 Å². The lowest BCUT2D eigenvalue weighted by molar-refractivity contribution is -0.142. The molecule has 2 atom stereocenters. The number of alkyl halides is 4. The average Bonchev–Trinajstić information content (AvgIpc) is 2.66. The third-order valence-electron chi connectivity index (χ3n) is 3.33. The van der Waals surface area contributed by atoms with E-state index >= 15 is 0 Å². The van der Waals surface area contributed by atoms with Crippen LogP contribution in [0.15, 0.2) is 0 Å². The van der Waals surface area contributed by atoms with E-state index in [-0.39, 0.29) is 25.4 Å². The highest BCUT2D eigenvalue weighted by Crippen LogP contribution is 2.48. The Morgan fingerprint density at radius 1 is 1.33 bits per heavy atom. The van der Waals surface area contributed by atoms with E-state index in [4.69, 9.17) is 0 Å². The molecule has 0 N–H and O–H groups in total. The standard InChI is InChI=1S/C9H11F4NO/c10-7(11)8(15)14-3-5-1-2-9(12,13)6(5)4-14/h5-7H,1-4H2/t5-,6+/m0/s1. The average molecular weight is 225 g/mol. The normalized spacial score (nSPS) is 33.5. The number of fused-ring (bicyclic) bond motifs is 1. The van der Waals surface area contributed by atoms with Crippen LogP contribution in [0.1, 0.15) is 12.8 Å². The van der Waals surface area contributed by atoms with E-state index in [1.807, 2.05) is 0 Å². The molecule has 0 spiro atoms. The van der Waals surface area contributed by atoms with Gasteiger partial charge in [0, 0.05) is 25.4 Å². The van der Waals surface area contributed by atoms with Crippen molar-refractivity contribution in [2.75, 3.05) is 13.1 Å². The van der Waals surface area contributed by atoms with Crippen molar-refractivity contribution in [3.8, 4) is 0 Å². The Bertz CT molecular complexity index is 281. The Hall–Kier alpha value is -0.810.